The number of nitrogens with one attached hydrogen (secondary N) is 1. The number of aromatic nitrogens is 2. The van der Waals surface area contributed by atoms with E-state index in [1.807, 2.05) is 31.2 Å². The topological polar surface area (TPSA) is 64.0 Å². The van der Waals surface area contributed by atoms with Gasteiger partial charge in [0.1, 0.15) is 4.83 Å². The van der Waals surface area contributed by atoms with Crippen LogP contribution >= 0.6 is 23.1 Å². The van der Waals surface area contributed by atoms with Crippen LogP contribution in [0.3, 0.4) is 0 Å². The molecule has 7 heteroatoms. The molecule has 29 heavy (non-hydrogen) atoms. The Hall–Kier alpha value is -2.12. The van der Waals surface area contributed by atoms with E-state index in [-0.39, 0.29) is 16.7 Å². The van der Waals surface area contributed by atoms with Crippen molar-refractivity contribution in [1.29, 1.82) is 0 Å². The fraction of sp³-hybridized carbons (Fsp3) is 0.409. The van der Waals surface area contributed by atoms with E-state index in [2.05, 4.69) is 24.4 Å². The van der Waals surface area contributed by atoms with Gasteiger partial charge in [-0.15, -0.1) is 11.3 Å². The van der Waals surface area contributed by atoms with Gasteiger partial charge in [0.2, 0.25) is 5.91 Å². The van der Waals surface area contributed by atoms with Crippen molar-refractivity contribution in [2.24, 2.45) is 0 Å². The predicted octanol–water partition coefficient (Wildman–Crippen LogP) is 4.02. The Morgan fingerprint density at radius 1 is 1.34 bits per heavy atom. The van der Waals surface area contributed by atoms with E-state index in [9.17, 15) is 9.59 Å². The molecule has 3 aromatic rings. The SMILES string of the molecule is CCc1cc2c(=O)n(CCc3ccccc3)c(SC(C)C(=O)NC3CC3)nc2s1. The molecule has 1 atom stereocenters. The second-order valence-electron chi connectivity index (χ2n) is 7.41. The highest BCUT2D eigenvalue weighted by Crippen LogP contribution is 2.28. The van der Waals surface area contributed by atoms with Crippen molar-refractivity contribution in [2.45, 2.75) is 62.5 Å². The Labute approximate surface area is 178 Å². The first kappa shape index (κ1) is 20.2. The van der Waals surface area contributed by atoms with Crippen LogP contribution in [0.2, 0.25) is 0 Å². The number of hydrogen-bond donors (Lipinski definition) is 1. The van der Waals surface area contributed by atoms with Gasteiger partial charge in [-0.2, -0.15) is 0 Å². The molecule has 1 unspecified atom stereocenters. The lowest BCUT2D eigenvalue weighted by Gasteiger charge is -2.15. The molecule has 1 saturated carbocycles. The first-order valence-electron chi connectivity index (χ1n) is 10.1. The third kappa shape index (κ3) is 4.73. The number of aryl methyl sites for hydroxylation is 2. The molecule has 0 bridgehead atoms. The molecule has 2 heterocycles. The van der Waals surface area contributed by atoms with Gasteiger partial charge in [0.05, 0.1) is 10.6 Å². The Bertz CT molecular complexity index is 1070. The molecule has 1 aliphatic carbocycles. The molecular weight excluding hydrogens is 402 g/mol. The highest BCUT2D eigenvalue weighted by Gasteiger charge is 2.27. The number of amides is 1. The third-order valence-corrected chi connectivity index (χ3v) is 7.32. The smallest absolute Gasteiger partial charge is 0.262 e. The summed E-state index contributed by atoms with van der Waals surface area (Å²) in [6.07, 6.45) is 3.75. The maximum absolute atomic E-state index is 13.3. The lowest BCUT2D eigenvalue weighted by molar-refractivity contribution is -0.120. The quantitative estimate of drug-likeness (QED) is 0.436. The Balaban J connectivity index is 1.65. The van der Waals surface area contributed by atoms with Crippen LogP contribution in [0.25, 0.3) is 10.2 Å². The molecule has 0 radical (unpaired) electrons. The van der Waals surface area contributed by atoms with Crippen molar-refractivity contribution >= 4 is 39.2 Å². The number of hydrogen-bond acceptors (Lipinski definition) is 5. The molecule has 0 saturated heterocycles. The molecule has 1 aliphatic rings. The fourth-order valence-corrected chi connectivity index (χ4v) is 5.10. The minimum absolute atomic E-state index is 0.0146. The summed E-state index contributed by atoms with van der Waals surface area (Å²) in [6.45, 7) is 4.51. The summed E-state index contributed by atoms with van der Waals surface area (Å²) in [6, 6.07) is 12.4. The lowest BCUT2D eigenvalue weighted by atomic mass is 10.1. The highest BCUT2D eigenvalue weighted by atomic mass is 32.2. The number of benzene rings is 1. The molecule has 5 nitrogen and oxygen atoms in total. The van der Waals surface area contributed by atoms with Crippen LogP contribution in [-0.2, 0) is 24.2 Å². The zero-order valence-electron chi connectivity index (χ0n) is 16.7. The molecule has 1 fully saturated rings. The summed E-state index contributed by atoms with van der Waals surface area (Å²) in [7, 11) is 0. The van der Waals surface area contributed by atoms with Crippen molar-refractivity contribution in [3.63, 3.8) is 0 Å². The maximum Gasteiger partial charge on any atom is 0.262 e. The molecule has 0 spiro atoms. The number of nitrogens with zero attached hydrogens (tertiary/aromatic N) is 2. The number of carbonyl (C=O) groups excluding carboxylic acids is 1. The minimum atomic E-state index is -0.298. The number of fused-ring (bicyclic) bond motifs is 1. The van der Waals surface area contributed by atoms with Crippen LogP contribution in [0, 0.1) is 0 Å². The monoisotopic (exact) mass is 427 g/mol. The van der Waals surface area contributed by atoms with Crippen LogP contribution in [0.5, 0.6) is 0 Å². The van der Waals surface area contributed by atoms with Crippen molar-refractivity contribution in [3.05, 3.63) is 57.2 Å². The second kappa shape index (κ2) is 8.71. The zero-order valence-corrected chi connectivity index (χ0v) is 18.3. The molecule has 1 amide bonds. The molecule has 152 valence electrons. The van der Waals surface area contributed by atoms with Gasteiger partial charge in [0.25, 0.3) is 5.56 Å². The van der Waals surface area contributed by atoms with Crippen molar-refractivity contribution in [1.82, 2.24) is 14.9 Å². The molecule has 1 aromatic carbocycles. The fourth-order valence-electron chi connectivity index (χ4n) is 3.15. The number of carbonyl (C=O) groups is 1. The maximum atomic E-state index is 13.3. The summed E-state index contributed by atoms with van der Waals surface area (Å²) in [5, 5.41) is 4.05. The third-order valence-electron chi connectivity index (χ3n) is 5.06. The van der Waals surface area contributed by atoms with Crippen LogP contribution in [0.15, 0.2) is 46.3 Å². The van der Waals surface area contributed by atoms with Gasteiger partial charge in [-0.05, 0) is 44.2 Å². The van der Waals surface area contributed by atoms with Gasteiger partial charge in [-0.25, -0.2) is 4.98 Å². The Morgan fingerprint density at radius 2 is 2.10 bits per heavy atom. The average molecular weight is 428 g/mol. The van der Waals surface area contributed by atoms with Gasteiger partial charge in [0.15, 0.2) is 5.16 Å². The van der Waals surface area contributed by atoms with E-state index >= 15 is 0 Å². The average Bonchev–Trinajstić information content (AvgIpc) is 3.44. The minimum Gasteiger partial charge on any atom is -0.352 e. The summed E-state index contributed by atoms with van der Waals surface area (Å²) < 4.78 is 1.74. The Kier molecular flexibility index (Phi) is 6.06. The van der Waals surface area contributed by atoms with Crippen molar-refractivity contribution in [2.75, 3.05) is 0 Å². The summed E-state index contributed by atoms with van der Waals surface area (Å²) in [5.41, 5.74) is 1.16. The second-order valence-corrected chi connectivity index (χ2v) is 9.84. The van der Waals surface area contributed by atoms with E-state index in [1.54, 1.807) is 15.9 Å². The van der Waals surface area contributed by atoms with Crippen LogP contribution < -0.4 is 10.9 Å². The van der Waals surface area contributed by atoms with Gasteiger partial charge in [-0.3, -0.25) is 14.2 Å². The number of rotatable bonds is 8. The molecule has 1 N–H and O–H groups in total. The molecular formula is C22H25N3O2S2. The van der Waals surface area contributed by atoms with Gasteiger partial charge in [-0.1, -0.05) is 49.0 Å². The zero-order chi connectivity index (χ0) is 20.4. The summed E-state index contributed by atoms with van der Waals surface area (Å²) in [5.74, 6) is 0.0156. The van der Waals surface area contributed by atoms with Gasteiger partial charge in [0, 0.05) is 17.5 Å². The van der Waals surface area contributed by atoms with E-state index in [0.717, 1.165) is 35.4 Å². The molecule has 4 rings (SSSR count). The first-order valence-corrected chi connectivity index (χ1v) is 11.8. The number of thioether (sulfide) groups is 1. The standard InChI is InChI=1S/C22H25N3O2S2/c1-3-17-13-18-20(29-17)24-22(28-14(2)19(26)23-16-9-10-16)25(21(18)27)12-11-15-7-5-4-6-8-15/h4-8,13-14,16H,3,9-12H2,1-2H3,(H,23,26). The van der Waals surface area contributed by atoms with Gasteiger partial charge < -0.3 is 5.32 Å². The largest absolute Gasteiger partial charge is 0.352 e. The van der Waals surface area contributed by atoms with Crippen LogP contribution in [0.1, 0.15) is 37.1 Å². The van der Waals surface area contributed by atoms with E-state index < -0.39 is 0 Å². The van der Waals surface area contributed by atoms with Crippen LogP contribution in [0.4, 0.5) is 0 Å². The van der Waals surface area contributed by atoms with E-state index in [4.69, 9.17) is 4.98 Å². The van der Waals surface area contributed by atoms with Crippen molar-refractivity contribution < 1.29 is 4.79 Å². The predicted molar refractivity (Wildman–Crippen MR) is 120 cm³/mol. The van der Waals surface area contributed by atoms with Crippen LogP contribution in [-0.4, -0.2) is 26.8 Å². The number of thiophene rings is 1. The van der Waals surface area contributed by atoms with E-state index in [1.165, 1.54) is 17.3 Å². The van der Waals surface area contributed by atoms with Crippen molar-refractivity contribution in [3.8, 4) is 0 Å². The van der Waals surface area contributed by atoms with E-state index in [0.29, 0.717) is 23.1 Å². The molecule has 2 aromatic heterocycles. The molecule has 0 aliphatic heterocycles. The Morgan fingerprint density at radius 3 is 2.79 bits per heavy atom. The lowest BCUT2D eigenvalue weighted by Crippen LogP contribution is -2.33. The normalized spacial score (nSPS) is 14.8. The summed E-state index contributed by atoms with van der Waals surface area (Å²) >= 11 is 2.94. The van der Waals surface area contributed by atoms with Gasteiger partial charge >= 0.3 is 0 Å². The summed E-state index contributed by atoms with van der Waals surface area (Å²) in [4.78, 5) is 32.4. The first-order chi connectivity index (χ1) is 14.0. The highest BCUT2D eigenvalue weighted by molar-refractivity contribution is 8.00.